The maximum Gasteiger partial charge on any atom is 0.329 e. The number of carboxylic acid groups (broad SMARTS) is 1. The van der Waals surface area contributed by atoms with E-state index in [0.717, 1.165) is 5.56 Å². The highest BCUT2D eigenvalue weighted by Crippen LogP contribution is 2.08. The molecular weight excluding hydrogens is 272 g/mol. The van der Waals surface area contributed by atoms with Gasteiger partial charge in [-0.3, -0.25) is 9.59 Å². The average Bonchev–Trinajstić information content (AvgIpc) is 2.44. The summed E-state index contributed by atoms with van der Waals surface area (Å²) in [6.07, 6.45) is 0.250. The SMILES string of the molecule is CCC(C)(NC(=O)CNC(=O)c1cccc(C)c1)C(=O)O. The lowest BCUT2D eigenvalue weighted by Crippen LogP contribution is -2.54. The second-order valence-corrected chi connectivity index (χ2v) is 5.09. The summed E-state index contributed by atoms with van der Waals surface area (Å²) in [6, 6.07) is 6.97. The molecule has 0 aromatic heterocycles. The molecule has 0 radical (unpaired) electrons. The van der Waals surface area contributed by atoms with Crippen LogP contribution in [0.2, 0.25) is 0 Å². The van der Waals surface area contributed by atoms with Gasteiger partial charge in [-0.15, -0.1) is 0 Å². The van der Waals surface area contributed by atoms with Crippen LogP contribution in [-0.4, -0.2) is 35.0 Å². The molecule has 1 atom stereocenters. The first-order chi connectivity index (χ1) is 9.78. The minimum atomic E-state index is -1.33. The topological polar surface area (TPSA) is 95.5 Å². The Morgan fingerprint density at radius 2 is 1.95 bits per heavy atom. The minimum absolute atomic E-state index is 0.250. The van der Waals surface area contributed by atoms with E-state index in [4.69, 9.17) is 5.11 Å². The van der Waals surface area contributed by atoms with E-state index < -0.39 is 17.4 Å². The van der Waals surface area contributed by atoms with E-state index in [1.54, 1.807) is 25.1 Å². The molecular formula is C15H20N2O4. The number of hydrogen-bond acceptors (Lipinski definition) is 3. The zero-order valence-corrected chi connectivity index (χ0v) is 12.4. The second-order valence-electron chi connectivity index (χ2n) is 5.09. The van der Waals surface area contributed by atoms with E-state index in [1.807, 2.05) is 13.0 Å². The van der Waals surface area contributed by atoms with Gasteiger partial charge >= 0.3 is 5.97 Å². The van der Waals surface area contributed by atoms with Gasteiger partial charge in [0.2, 0.25) is 5.91 Å². The van der Waals surface area contributed by atoms with Crippen LogP contribution in [0.25, 0.3) is 0 Å². The van der Waals surface area contributed by atoms with E-state index in [-0.39, 0.29) is 18.9 Å². The Labute approximate surface area is 123 Å². The summed E-state index contributed by atoms with van der Waals surface area (Å²) in [7, 11) is 0. The molecule has 1 rings (SSSR count). The molecule has 1 aromatic rings. The first-order valence-corrected chi connectivity index (χ1v) is 6.68. The Morgan fingerprint density at radius 3 is 2.48 bits per heavy atom. The van der Waals surface area contributed by atoms with Crippen LogP contribution < -0.4 is 10.6 Å². The van der Waals surface area contributed by atoms with Crippen LogP contribution in [0.5, 0.6) is 0 Å². The smallest absolute Gasteiger partial charge is 0.329 e. The van der Waals surface area contributed by atoms with Crippen molar-refractivity contribution in [2.45, 2.75) is 32.7 Å². The Morgan fingerprint density at radius 1 is 1.29 bits per heavy atom. The van der Waals surface area contributed by atoms with Gasteiger partial charge in [-0.25, -0.2) is 4.79 Å². The van der Waals surface area contributed by atoms with Gasteiger partial charge in [0.1, 0.15) is 5.54 Å². The van der Waals surface area contributed by atoms with Crippen molar-refractivity contribution in [1.29, 1.82) is 0 Å². The monoisotopic (exact) mass is 292 g/mol. The molecule has 0 fully saturated rings. The summed E-state index contributed by atoms with van der Waals surface area (Å²) in [5.41, 5.74) is 0.0707. The van der Waals surface area contributed by atoms with Crippen molar-refractivity contribution in [2.75, 3.05) is 6.54 Å². The highest BCUT2D eigenvalue weighted by atomic mass is 16.4. The number of carbonyl (C=O) groups is 3. The van der Waals surface area contributed by atoms with Crippen molar-refractivity contribution in [3.63, 3.8) is 0 Å². The summed E-state index contributed by atoms with van der Waals surface area (Å²) in [5.74, 6) is -2.02. The van der Waals surface area contributed by atoms with Crippen LogP contribution in [0.15, 0.2) is 24.3 Å². The number of aliphatic carboxylic acids is 1. The Balaban J connectivity index is 2.57. The predicted molar refractivity (Wildman–Crippen MR) is 78.0 cm³/mol. The van der Waals surface area contributed by atoms with Crippen LogP contribution in [0.3, 0.4) is 0 Å². The van der Waals surface area contributed by atoms with Crippen molar-refractivity contribution >= 4 is 17.8 Å². The van der Waals surface area contributed by atoms with Crippen molar-refractivity contribution in [1.82, 2.24) is 10.6 Å². The maximum atomic E-state index is 11.9. The fraction of sp³-hybridized carbons (Fsp3) is 0.400. The number of benzene rings is 1. The summed E-state index contributed by atoms with van der Waals surface area (Å²) >= 11 is 0. The average molecular weight is 292 g/mol. The molecule has 0 aliphatic carbocycles. The molecule has 1 unspecified atom stereocenters. The van der Waals surface area contributed by atoms with E-state index >= 15 is 0 Å². The molecule has 0 heterocycles. The van der Waals surface area contributed by atoms with Gasteiger partial charge < -0.3 is 15.7 Å². The number of nitrogens with one attached hydrogen (secondary N) is 2. The maximum absolute atomic E-state index is 11.9. The van der Waals surface area contributed by atoms with Crippen LogP contribution in [0, 0.1) is 6.92 Å². The quantitative estimate of drug-likeness (QED) is 0.731. The Hall–Kier alpha value is -2.37. The number of amides is 2. The Kier molecular flexibility index (Phi) is 5.46. The lowest BCUT2D eigenvalue weighted by atomic mass is 9.99. The minimum Gasteiger partial charge on any atom is -0.480 e. The number of aryl methyl sites for hydroxylation is 1. The molecule has 0 bridgehead atoms. The summed E-state index contributed by atoms with van der Waals surface area (Å²) in [5, 5.41) is 13.9. The number of rotatable bonds is 6. The van der Waals surface area contributed by atoms with Crippen molar-refractivity contribution < 1.29 is 19.5 Å². The van der Waals surface area contributed by atoms with Crippen molar-refractivity contribution in [3.8, 4) is 0 Å². The van der Waals surface area contributed by atoms with Crippen LogP contribution in [-0.2, 0) is 9.59 Å². The van der Waals surface area contributed by atoms with Gasteiger partial charge in [-0.2, -0.15) is 0 Å². The summed E-state index contributed by atoms with van der Waals surface area (Å²) < 4.78 is 0. The van der Waals surface area contributed by atoms with Crippen LogP contribution in [0.1, 0.15) is 36.2 Å². The molecule has 6 nitrogen and oxygen atoms in total. The molecule has 0 aliphatic heterocycles. The number of carboxylic acids is 1. The third-order valence-corrected chi connectivity index (χ3v) is 3.28. The molecule has 3 N–H and O–H groups in total. The van der Waals surface area contributed by atoms with Gasteiger partial charge in [0.25, 0.3) is 5.91 Å². The van der Waals surface area contributed by atoms with Crippen molar-refractivity contribution in [2.24, 2.45) is 0 Å². The van der Waals surface area contributed by atoms with Gasteiger partial charge in [0.05, 0.1) is 6.54 Å². The van der Waals surface area contributed by atoms with Gasteiger partial charge in [-0.05, 0) is 32.4 Å². The van der Waals surface area contributed by atoms with Crippen LogP contribution in [0.4, 0.5) is 0 Å². The van der Waals surface area contributed by atoms with E-state index in [0.29, 0.717) is 5.56 Å². The lowest BCUT2D eigenvalue weighted by Gasteiger charge is -2.24. The largest absolute Gasteiger partial charge is 0.480 e. The molecule has 0 saturated carbocycles. The van der Waals surface area contributed by atoms with E-state index in [1.165, 1.54) is 6.92 Å². The standard InChI is InChI=1S/C15H20N2O4/c1-4-15(3,14(20)21)17-12(18)9-16-13(19)11-7-5-6-10(2)8-11/h5-8H,4,9H2,1-3H3,(H,16,19)(H,17,18)(H,20,21). The number of hydrogen-bond donors (Lipinski definition) is 3. The van der Waals surface area contributed by atoms with Gasteiger partial charge in [0.15, 0.2) is 0 Å². The molecule has 21 heavy (non-hydrogen) atoms. The second kappa shape index (κ2) is 6.88. The van der Waals surface area contributed by atoms with E-state index in [2.05, 4.69) is 10.6 Å². The van der Waals surface area contributed by atoms with E-state index in [9.17, 15) is 14.4 Å². The molecule has 0 aliphatic rings. The van der Waals surface area contributed by atoms with Gasteiger partial charge in [0, 0.05) is 5.56 Å². The highest BCUT2D eigenvalue weighted by molar-refractivity contribution is 5.97. The third-order valence-electron chi connectivity index (χ3n) is 3.28. The molecule has 2 amide bonds. The van der Waals surface area contributed by atoms with Crippen LogP contribution >= 0.6 is 0 Å². The lowest BCUT2D eigenvalue weighted by molar-refractivity contribution is -0.146. The predicted octanol–water partition coefficient (Wildman–Crippen LogP) is 1.09. The fourth-order valence-electron chi connectivity index (χ4n) is 1.69. The third kappa shape index (κ3) is 4.59. The summed E-state index contributed by atoms with van der Waals surface area (Å²) in [4.78, 5) is 34.7. The zero-order chi connectivity index (χ0) is 16.0. The van der Waals surface area contributed by atoms with Gasteiger partial charge in [-0.1, -0.05) is 24.6 Å². The first-order valence-electron chi connectivity index (χ1n) is 6.68. The Bertz CT molecular complexity index is 556. The molecule has 0 saturated heterocycles. The fourth-order valence-corrected chi connectivity index (χ4v) is 1.69. The molecule has 6 heteroatoms. The zero-order valence-electron chi connectivity index (χ0n) is 12.4. The highest BCUT2D eigenvalue weighted by Gasteiger charge is 2.32. The molecule has 1 aromatic carbocycles. The summed E-state index contributed by atoms with van der Waals surface area (Å²) in [6.45, 7) is 4.69. The van der Waals surface area contributed by atoms with Crippen molar-refractivity contribution in [3.05, 3.63) is 35.4 Å². The normalized spacial score (nSPS) is 13.1. The number of carbonyl (C=O) groups excluding carboxylic acids is 2. The molecule has 114 valence electrons. The first kappa shape index (κ1) is 16.7. The molecule has 0 spiro atoms.